The number of nitrogens with two attached hydrogens (primary N) is 1. The van der Waals surface area contributed by atoms with Gasteiger partial charge in [-0.2, -0.15) is 0 Å². The normalized spacial score (nSPS) is 9.92. The Morgan fingerprint density at radius 3 is 2.03 bits per heavy atom. The molecule has 2 rings (SSSR count). The number of nitrogen functional groups attached to an aromatic ring is 1. The highest BCUT2D eigenvalue weighted by atomic mass is 19.1. The molecule has 0 heterocycles. The SMILES string of the molecule is C=CC=C.C=CNCc1cc(NC)c(CCCCN(CCC)CCC)cc1C.Cc1cc(N)ccc1F. The van der Waals surface area contributed by atoms with Crippen LogP contribution in [0.5, 0.6) is 0 Å². The first-order valence-electron chi connectivity index (χ1n) is 13.4. The van der Waals surface area contributed by atoms with E-state index in [-0.39, 0.29) is 5.82 Å². The van der Waals surface area contributed by atoms with Gasteiger partial charge in [0.15, 0.2) is 0 Å². The minimum absolute atomic E-state index is 0.204. The molecule has 0 bridgehead atoms. The molecular weight excluding hydrogens is 459 g/mol. The molecule has 0 radical (unpaired) electrons. The van der Waals surface area contributed by atoms with Crippen molar-refractivity contribution in [3.8, 4) is 0 Å². The number of hydrogen-bond acceptors (Lipinski definition) is 4. The maximum Gasteiger partial charge on any atom is 0.126 e. The third-order valence-corrected chi connectivity index (χ3v) is 5.87. The van der Waals surface area contributed by atoms with E-state index in [2.05, 4.69) is 68.2 Å². The highest BCUT2D eigenvalue weighted by Gasteiger charge is 2.07. The predicted octanol–water partition coefficient (Wildman–Crippen LogP) is 7.79. The van der Waals surface area contributed by atoms with Crippen LogP contribution in [0.1, 0.15) is 61.8 Å². The second-order valence-corrected chi connectivity index (χ2v) is 9.05. The molecule has 0 unspecified atom stereocenters. The minimum Gasteiger partial charge on any atom is -0.399 e. The molecule has 4 N–H and O–H groups in total. The Balaban J connectivity index is 0.000000813. The number of anilines is 2. The molecule has 0 spiro atoms. The lowest BCUT2D eigenvalue weighted by molar-refractivity contribution is 0.269. The minimum atomic E-state index is -0.204. The highest BCUT2D eigenvalue weighted by Crippen LogP contribution is 2.23. The molecule has 4 nitrogen and oxygen atoms in total. The molecule has 0 saturated heterocycles. The van der Waals surface area contributed by atoms with E-state index >= 15 is 0 Å². The maximum atomic E-state index is 12.4. The number of unbranched alkanes of at least 4 members (excludes halogenated alkanes) is 1. The van der Waals surface area contributed by atoms with E-state index in [1.807, 2.05) is 7.05 Å². The Hall–Kier alpha value is -3.05. The van der Waals surface area contributed by atoms with Crippen LogP contribution in [0.3, 0.4) is 0 Å². The first-order valence-corrected chi connectivity index (χ1v) is 13.4. The summed E-state index contributed by atoms with van der Waals surface area (Å²) < 4.78 is 12.4. The average molecular weight is 511 g/mol. The molecule has 37 heavy (non-hydrogen) atoms. The summed E-state index contributed by atoms with van der Waals surface area (Å²) in [5.74, 6) is -0.204. The Labute approximate surface area is 226 Å². The zero-order valence-corrected chi connectivity index (χ0v) is 24.0. The Morgan fingerprint density at radius 2 is 1.54 bits per heavy atom. The molecule has 0 fully saturated rings. The summed E-state index contributed by atoms with van der Waals surface area (Å²) in [5.41, 5.74) is 12.0. The van der Waals surface area contributed by atoms with Gasteiger partial charge >= 0.3 is 0 Å². The smallest absolute Gasteiger partial charge is 0.126 e. The van der Waals surface area contributed by atoms with Crippen molar-refractivity contribution >= 4 is 11.4 Å². The van der Waals surface area contributed by atoms with Crippen molar-refractivity contribution in [1.29, 1.82) is 0 Å². The number of rotatable bonds is 14. The van der Waals surface area contributed by atoms with Crippen molar-refractivity contribution in [1.82, 2.24) is 10.2 Å². The molecule has 206 valence electrons. The first kappa shape index (κ1) is 34.0. The molecule has 0 amide bonds. The third kappa shape index (κ3) is 14.9. The monoisotopic (exact) mass is 510 g/mol. The van der Waals surface area contributed by atoms with Crippen LogP contribution in [0.25, 0.3) is 0 Å². The third-order valence-electron chi connectivity index (χ3n) is 5.87. The number of nitrogens with zero attached hydrogens (tertiary/aromatic N) is 1. The van der Waals surface area contributed by atoms with Crippen LogP contribution in [-0.2, 0) is 13.0 Å². The molecule has 0 aromatic heterocycles. The van der Waals surface area contributed by atoms with Crippen molar-refractivity contribution in [2.75, 3.05) is 37.7 Å². The van der Waals surface area contributed by atoms with Gasteiger partial charge in [-0.3, -0.25) is 0 Å². The van der Waals surface area contributed by atoms with Gasteiger partial charge in [-0.05, 0) is 118 Å². The summed E-state index contributed by atoms with van der Waals surface area (Å²) in [6.45, 7) is 23.4. The first-order chi connectivity index (χ1) is 17.8. The van der Waals surface area contributed by atoms with E-state index in [9.17, 15) is 4.39 Å². The largest absolute Gasteiger partial charge is 0.399 e. The number of halogens is 1. The molecule has 0 atom stereocenters. The van der Waals surface area contributed by atoms with Gasteiger partial charge in [-0.25, -0.2) is 4.39 Å². The average Bonchev–Trinajstić information content (AvgIpc) is 2.89. The quantitative estimate of drug-likeness (QED) is 0.138. The molecule has 2 aromatic rings. The van der Waals surface area contributed by atoms with Crippen LogP contribution in [-0.4, -0.2) is 31.6 Å². The number of allylic oxidation sites excluding steroid dienone is 2. The maximum absolute atomic E-state index is 12.4. The summed E-state index contributed by atoms with van der Waals surface area (Å²) >= 11 is 0. The Bertz CT molecular complexity index is 911. The van der Waals surface area contributed by atoms with E-state index in [1.165, 1.54) is 73.8 Å². The second kappa shape index (κ2) is 21.1. The lowest BCUT2D eigenvalue weighted by Crippen LogP contribution is -2.26. The van der Waals surface area contributed by atoms with Crippen molar-refractivity contribution < 1.29 is 4.39 Å². The molecule has 5 heteroatoms. The second-order valence-electron chi connectivity index (χ2n) is 9.05. The summed E-state index contributed by atoms with van der Waals surface area (Å²) in [6, 6.07) is 9.14. The number of benzene rings is 2. The van der Waals surface area contributed by atoms with Gasteiger partial charge in [-0.15, -0.1) is 0 Å². The van der Waals surface area contributed by atoms with Crippen LogP contribution >= 0.6 is 0 Å². The zero-order valence-electron chi connectivity index (χ0n) is 24.0. The standard InChI is InChI=1S/C21H37N3.C7H8FN.C4H6/c1-6-12-24(13-7-2)14-10-9-11-19-15-18(4)20(17-23-8-3)16-21(19)22-5;1-5-4-6(9)2-3-7(5)8;1-3-4-2/h8,15-16,22-23H,3,6-7,9-14,17H2,1-2,4-5H3;2-4H,9H2,1H3;3-4H,1-2H2. The van der Waals surface area contributed by atoms with Crippen LogP contribution in [0, 0.1) is 19.7 Å². The van der Waals surface area contributed by atoms with Crippen molar-refractivity contribution in [3.63, 3.8) is 0 Å². The van der Waals surface area contributed by atoms with Gasteiger partial charge in [0.25, 0.3) is 0 Å². The van der Waals surface area contributed by atoms with Gasteiger partial charge in [-0.1, -0.05) is 51.8 Å². The number of nitrogens with one attached hydrogen (secondary N) is 2. The molecule has 0 aliphatic heterocycles. The number of hydrogen-bond donors (Lipinski definition) is 3. The molecule has 0 aliphatic rings. The fraction of sp³-hybridized carbons (Fsp3) is 0.438. The van der Waals surface area contributed by atoms with E-state index in [1.54, 1.807) is 37.4 Å². The Kier molecular flexibility index (Phi) is 19.3. The van der Waals surface area contributed by atoms with Crippen LogP contribution in [0.2, 0.25) is 0 Å². The van der Waals surface area contributed by atoms with Crippen molar-refractivity contribution in [2.45, 2.75) is 66.3 Å². The van der Waals surface area contributed by atoms with Crippen LogP contribution < -0.4 is 16.4 Å². The van der Waals surface area contributed by atoms with Gasteiger partial charge in [0.05, 0.1) is 0 Å². The van der Waals surface area contributed by atoms with E-state index in [0.717, 1.165) is 13.0 Å². The predicted molar refractivity (Wildman–Crippen MR) is 164 cm³/mol. The van der Waals surface area contributed by atoms with Gasteiger partial charge in [0.2, 0.25) is 0 Å². The highest BCUT2D eigenvalue weighted by molar-refractivity contribution is 5.55. The van der Waals surface area contributed by atoms with Crippen LogP contribution in [0.4, 0.5) is 15.8 Å². The molecule has 0 aliphatic carbocycles. The summed E-state index contributed by atoms with van der Waals surface area (Å²) in [4.78, 5) is 2.61. The van der Waals surface area contributed by atoms with Gasteiger partial charge in [0.1, 0.15) is 5.82 Å². The van der Waals surface area contributed by atoms with E-state index in [4.69, 9.17) is 5.73 Å². The van der Waals surface area contributed by atoms with Gasteiger partial charge < -0.3 is 21.3 Å². The topological polar surface area (TPSA) is 53.3 Å². The lowest BCUT2D eigenvalue weighted by atomic mass is 9.99. The van der Waals surface area contributed by atoms with E-state index < -0.39 is 0 Å². The molecule has 0 saturated carbocycles. The van der Waals surface area contributed by atoms with Crippen molar-refractivity contribution in [3.05, 3.63) is 96.5 Å². The fourth-order valence-corrected chi connectivity index (χ4v) is 3.91. The summed E-state index contributed by atoms with van der Waals surface area (Å²) in [7, 11) is 2.02. The fourth-order valence-electron chi connectivity index (χ4n) is 3.91. The molecular formula is C32H51FN4. The van der Waals surface area contributed by atoms with E-state index in [0.29, 0.717) is 11.3 Å². The summed E-state index contributed by atoms with van der Waals surface area (Å²) in [5, 5.41) is 6.56. The molecule has 2 aromatic carbocycles. The van der Waals surface area contributed by atoms with Gasteiger partial charge in [0, 0.05) is 25.0 Å². The van der Waals surface area contributed by atoms with Crippen LogP contribution in [0.15, 0.2) is 68.4 Å². The lowest BCUT2D eigenvalue weighted by Gasteiger charge is -2.21. The zero-order chi connectivity index (χ0) is 28.1. The summed E-state index contributed by atoms with van der Waals surface area (Å²) in [6.07, 6.45) is 11.2. The Morgan fingerprint density at radius 1 is 0.892 bits per heavy atom. The number of aryl methyl sites for hydroxylation is 3. The van der Waals surface area contributed by atoms with Crippen molar-refractivity contribution in [2.24, 2.45) is 0 Å².